The first-order valence-corrected chi connectivity index (χ1v) is 13.3. The molecule has 0 spiro atoms. The van der Waals surface area contributed by atoms with Crippen molar-refractivity contribution in [2.24, 2.45) is 7.05 Å². The molecule has 0 aliphatic heterocycles. The second-order valence-electron chi connectivity index (χ2n) is 11.0. The van der Waals surface area contributed by atoms with Crippen molar-refractivity contribution in [3.63, 3.8) is 0 Å². The van der Waals surface area contributed by atoms with Crippen LogP contribution in [0.2, 0.25) is 0 Å². The molecule has 7 nitrogen and oxygen atoms in total. The summed E-state index contributed by atoms with van der Waals surface area (Å²) in [6.07, 6.45) is 1.73. The lowest BCUT2D eigenvalue weighted by molar-refractivity contribution is 0.483. The Morgan fingerprint density at radius 2 is 1.60 bits per heavy atom. The van der Waals surface area contributed by atoms with Crippen molar-refractivity contribution >= 4 is 22.7 Å². The molecular formula is C33H32N6O. The van der Waals surface area contributed by atoms with Gasteiger partial charge in [0.25, 0.3) is 0 Å². The van der Waals surface area contributed by atoms with Crippen LogP contribution in [0.15, 0.2) is 91.1 Å². The van der Waals surface area contributed by atoms with Gasteiger partial charge in [0.1, 0.15) is 17.2 Å². The highest BCUT2D eigenvalue weighted by atomic mass is 16.5. The van der Waals surface area contributed by atoms with E-state index in [1.54, 1.807) is 6.20 Å². The molecule has 0 aliphatic rings. The molecule has 0 unspecified atom stereocenters. The minimum Gasteiger partial charge on any atom is -0.457 e. The number of aromatic nitrogens is 5. The molecule has 0 saturated carbocycles. The van der Waals surface area contributed by atoms with Crippen LogP contribution in [0.3, 0.4) is 0 Å². The van der Waals surface area contributed by atoms with Gasteiger partial charge < -0.3 is 19.6 Å². The van der Waals surface area contributed by atoms with Gasteiger partial charge in [-0.2, -0.15) is 0 Å². The lowest BCUT2D eigenvalue weighted by Gasteiger charge is -2.19. The maximum atomic E-state index is 6.23. The van der Waals surface area contributed by atoms with Crippen molar-refractivity contribution < 1.29 is 4.74 Å². The normalized spacial score (nSPS) is 11.6. The van der Waals surface area contributed by atoms with Crippen LogP contribution in [-0.4, -0.2) is 24.5 Å². The first-order chi connectivity index (χ1) is 19.2. The van der Waals surface area contributed by atoms with Gasteiger partial charge in [0.15, 0.2) is 5.82 Å². The monoisotopic (exact) mass is 528 g/mol. The molecule has 40 heavy (non-hydrogen) atoms. The molecule has 6 aromatic rings. The summed E-state index contributed by atoms with van der Waals surface area (Å²) in [6.45, 7) is 8.67. The lowest BCUT2D eigenvalue weighted by atomic mass is 9.87. The van der Waals surface area contributed by atoms with Crippen LogP contribution in [0.4, 0.5) is 11.6 Å². The number of rotatable bonds is 6. The van der Waals surface area contributed by atoms with Gasteiger partial charge in [-0.1, -0.05) is 63.2 Å². The number of nitrogens with zero attached hydrogens (tertiary/aromatic N) is 4. The number of hydrogen-bond donors (Lipinski definition) is 2. The van der Waals surface area contributed by atoms with Crippen molar-refractivity contribution in [3.05, 3.63) is 102 Å². The average molecular weight is 529 g/mol. The minimum atomic E-state index is 0.115. The zero-order chi connectivity index (χ0) is 27.9. The first-order valence-electron chi connectivity index (χ1n) is 13.3. The van der Waals surface area contributed by atoms with E-state index in [4.69, 9.17) is 14.7 Å². The molecule has 2 N–H and O–H groups in total. The van der Waals surface area contributed by atoms with E-state index in [9.17, 15) is 0 Å². The predicted molar refractivity (Wildman–Crippen MR) is 161 cm³/mol. The topological polar surface area (TPSA) is 80.6 Å². The molecule has 200 valence electrons. The number of aromatic amines is 1. The fourth-order valence-electron chi connectivity index (χ4n) is 4.74. The summed E-state index contributed by atoms with van der Waals surface area (Å²) in [7, 11) is 2.01. The summed E-state index contributed by atoms with van der Waals surface area (Å²) >= 11 is 0. The molecule has 3 heterocycles. The molecule has 0 amide bonds. The Labute approximate surface area is 233 Å². The van der Waals surface area contributed by atoms with Gasteiger partial charge in [0.05, 0.1) is 16.7 Å². The predicted octanol–water partition coefficient (Wildman–Crippen LogP) is 8.17. The zero-order valence-electron chi connectivity index (χ0n) is 23.4. The van der Waals surface area contributed by atoms with Gasteiger partial charge >= 0.3 is 0 Å². The summed E-state index contributed by atoms with van der Waals surface area (Å²) in [4.78, 5) is 17.5. The summed E-state index contributed by atoms with van der Waals surface area (Å²) in [5.74, 6) is 2.84. The number of benzene rings is 3. The van der Waals surface area contributed by atoms with E-state index >= 15 is 0 Å². The fraction of sp³-hybridized carbons (Fsp3) is 0.182. The van der Waals surface area contributed by atoms with Gasteiger partial charge in [-0.05, 0) is 48.2 Å². The molecule has 0 aliphatic carbocycles. The number of anilines is 2. The van der Waals surface area contributed by atoms with Crippen LogP contribution >= 0.6 is 0 Å². The lowest BCUT2D eigenvalue weighted by Crippen LogP contribution is -2.10. The Kier molecular flexibility index (Phi) is 6.34. The average Bonchev–Trinajstić information content (AvgIpc) is 3.48. The van der Waals surface area contributed by atoms with E-state index in [1.165, 1.54) is 5.56 Å². The standard InChI is InChI=1S/C33H32N6O/c1-21-30(22-9-7-6-8-10-22)38-31(35-21)28-20-26(17-18-34-28)40-25-15-16-29-27(19-25)37-32(39(29)5)36-24-13-11-23(12-14-24)33(2,3)4/h6-20H,1-5H3,(H,35,38)(H,36,37). The Morgan fingerprint density at radius 3 is 2.35 bits per heavy atom. The Hall–Kier alpha value is -4.91. The summed E-state index contributed by atoms with van der Waals surface area (Å²) < 4.78 is 8.28. The van der Waals surface area contributed by atoms with E-state index in [1.807, 2.05) is 67.1 Å². The summed E-state index contributed by atoms with van der Waals surface area (Å²) in [5.41, 5.74) is 7.94. The molecule has 0 bridgehead atoms. The van der Waals surface area contributed by atoms with E-state index in [0.29, 0.717) is 23.0 Å². The number of ether oxygens (including phenoxy) is 1. The third kappa shape index (κ3) is 5.06. The van der Waals surface area contributed by atoms with E-state index in [-0.39, 0.29) is 5.41 Å². The summed E-state index contributed by atoms with van der Waals surface area (Å²) in [5, 5.41) is 3.45. The van der Waals surface area contributed by atoms with Crippen molar-refractivity contribution in [1.82, 2.24) is 24.5 Å². The van der Waals surface area contributed by atoms with Gasteiger partial charge in [0, 0.05) is 42.3 Å². The highest BCUT2D eigenvalue weighted by Gasteiger charge is 2.15. The van der Waals surface area contributed by atoms with Crippen LogP contribution in [0.1, 0.15) is 32.0 Å². The van der Waals surface area contributed by atoms with Crippen molar-refractivity contribution in [2.45, 2.75) is 33.1 Å². The number of imidazole rings is 2. The van der Waals surface area contributed by atoms with Gasteiger partial charge in [-0.3, -0.25) is 4.98 Å². The molecule has 0 atom stereocenters. The fourth-order valence-corrected chi connectivity index (χ4v) is 4.74. The summed E-state index contributed by atoms with van der Waals surface area (Å²) in [6, 6.07) is 28.3. The third-order valence-corrected chi connectivity index (χ3v) is 7.00. The molecule has 0 radical (unpaired) electrons. The van der Waals surface area contributed by atoms with Crippen LogP contribution in [0.25, 0.3) is 33.8 Å². The largest absolute Gasteiger partial charge is 0.457 e. The quantitative estimate of drug-likeness (QED) is 0.228. The number of H-pyrrole nitrogens is 1. The molecule has 6 rings (SSSR count). The third-order valence-electron chi connectivity index (χ3n) is 7.00. The molecular weight excluding hydrogens is 496 g/mol. The van der Waals surface area contributed by atoms with Crippen LogP contribution < -0.4 is 10.1 Å². The second kappa shape index (κ2) is 10.0. The Bertz CT molecular complexity index is 1790. The number of aryl methyl sites for hydroxylation is 2. The molecule has 0 fully saturated rings. The molecule has 3 aromatic heterocycles. The molecule has 3 aromatic carbocycles. The number of nitrogens with one attached hydrogen (secondary N) is 2. The highest BCUT2D eigenvalue weighted by Crippen LogP contribution is 2.31. The Morgan fingerprint density at radius 1 is 0.850 bits per heavy atom. The van der Waals surface area contributed by atoms with Crippen LogP contribution in [-0.2, 0) is 12.5 Å². The second-order valence-corrected chi connectivity index (χ2v) is 11.0. The number of pyridine rings is 1. The van der Waals surface area contributed by atoms with E-state index in [0.717, 1.165) is 39.6 Å². The molecule has 0 saturated heterocycles. The first kappa shape index (κ1) is 25.4. The van der Waals surface area contributed by atoms with Crippen molar-refractivity contribution in [1.29, 1.82) is 0 Å². The van der Waals surface area contributed by atoms with Crippen molar-refractivity contribution in [3.8, 4) is 34.3 Å². The maximum Gasteiger partial charge on any atom is 0.208 e. The van der Waals surface area contributed by atoms with Crippen LogP contribution in [0.5, 0.6) is 11.5 Å². The van der Waals surface area contributed by atoms with E-state index in [2.05, 4.69) is 72.5 Å². The maximum absolute atomic E-state index is 6.23. The Balaban J connectivity index is 1.22. The number of fused-ring (bicyclic) bond motifs is 1. The van der Waals surface area contributed by atoms with Crippen molar-refractivity contribution in [2.75, 3.05) is 5.32 Å². The van der Waals surface area contributed by atoms with E-state index < -0.39 is 0 Å². The van der Waals surface area contributed by atoms with Gasteiger partial charge in [-0.25, -0.2) is 9.97 Å². The van der Waals surface area contributed by atoms with Crippen LogP contribution in [0, 0.1) is 6.92 Å². The smallest absolute Gasteiger partial charge is 0.208 e. The zero-order valence-corrected chi connectivity index (χ0v) is 23.4. The minimum absolute atomic E-state index is 0.115. The molecule has 7 heteroatoms. The highest BCUT2D eigenvalue weighted by molar-refractivity contribution is 5.81. The van der Waals surface area contributed by atoms with Gasteiger partial charge in [0.2, 0.25) is 5.95 Å². The van der Waals surface area contributed by atoms with Gasteiger partial charge in [-0.15, -0.1) is 0 Å². The number of hydrogen-bond acceptors (Lipinski definition) is 5. The SMILES string of the molecule is Cc1[nH]c(-c2cc(Oc3ccc4c(c3)nc(Nc3ccc(C(C)(C)C)cc3)n4C)ccn2)nc1-c1ccccc1.